The Morgan fingerprint density at radius 1 is 0.963 bits per heavy atom. The topological polar surface area (TPSA) is 66.4 Å². The van der Waals surface area contributed by atoms with Crippen LogP contribution in [0, 0.1) is 0 Å². The van der Waals surface area contributed by atoms with Gasteiger partial charge in [-0.3, -0.25) is 0 Å². The largest absolute Gasteiger partial charge is 0.385 e. The van der Waals surface area contributed by atoms with Crippen LogP contribution in [-0.2, 0) is 23.7 Å². The van der Waals surface area contributed by atoms with Crippen molar-refractivity contribution in [3.05, 3.63) is 0 Å². The average molecular weight is 391 g/mol. The maximum Gasteiger partial charge on any atom is 0.186 e. The van der Waals surface area contributed by atoms with E-state index in [1.54, 1.807) is 14.0 Å². The maximum atomic E-state index is 10.9. The molecule has 6 heteroatoms. The van der Waals surface area contributed by atoms with Gasteiger partial charge in [0.1, 0.15) is 17.8 Å². The Morgan fingerprint density at radius 3 is 2.15 bits per heavy atom. The second-order valence-corrected chi connectivity index (χ2v) is 7.68. The zero-order valence-electron chi connectivity index (χ0n) is 18.1. The monoisotopic (exact) mass is 390 g/mol. The van der Waals surface area contributed by atoms with Crippen molar-refractivity contribution in [1.82, 2.24) is 0 Å². The lowest BCUT2D eigenvalue weighted by molar-refractivity contribution is -0.248. The molecule has 0 unspecified atom stereocenters. The zero-order valence-corrected chi connectivity index (χ0v) is 18.1. The third kappa shape index (κ3) is 8.75. The van der Waals surface area contributed by atoms with Crippen LogP contribution in [0.2, 0.25) is 0 Å². The van der Waals surface area contributed by atoms with Gasteiger partial charge in [0.15, 0.2) is 6.29 Å². The molecule has 1 N–H and O–H groups in total. The quantitative estimate of drug-likeness (QED) is 0.456. The van der Waals surface area contributed by atoms with Crippen molar-refractivity contribution in [2.45, 2.75) is 103 Å². The lowest BCUT2D eigenvalue weighted by Gasteiger charge is -2.31. The first-order valence-corrected chi connectivity index (χ1v) is 10.7. The molecule has 0 aromatic rings. The van der Waals surface area contributed by atoms with Gasteiger partial charge in [-0.15, -0.1) is 0 Å². The second-order valence-electron chi connectivity index (χ2n) is 7.68. The summed E-state index contributed by atoms with van der Waals surface area (Å²) < 4.78 is 29.8. The summed E-state index contributed by atoms with van der Waals surface area (Å²) in [6.45, 7) is 10.5. The van der Waals surface area contributed by atoms with Crippen LogP contribution >= 0.6 is 0 Å². The zero-order chi connectivity index (χ0) is 20.1. The highest BCUT2D eigenvalue weighted by atomic mass is 16.7. The molecule has 6 nitrogen and oxygen atoms in total. The number of methoxy groups -OCH3 is 1. The van der Waals surface area contributed by atoms with Crippen molar-refractivity contribution in [1.29, 1.82) is 0 Å². The molecule has 0 amide bonds. The van der Waals surface area contributed by atoms with Crippen molar-refractivity contribution in [3.8, 4) is 0 Å². The molecule has 1 aliphatic rings. The Morgan fingerprint density at radius 2 is 1.56 bits per heavy atom. The third-order valence-corrected chi connectivity index (χ3v) is 4.93. The average Bonchev–Trinajstić information content (AvgIpc) is 2.74. The highest BCUT2D eigenvalue weighted by Crippen LogP contribution is 2.32. The predicted octanol–water partition coefficient (Wildman–Crippen LogP) is 3.69. The minimum absolute atomic E-state index is 0.261. The highest BCUT2D eigenvalue weighted by Gasteiger charge is 2.47. The maximum absolute atomic E-state index is 10.9. The fourth-order valence-electron chi connectivity index (χ4n) is 3.24. The number of hydrogen-bond acceptors (Lipinski definition) is 6. The van der Waals surface area contributed by atoms with Crippen molar-refractivity contribution in [3.63, 3.8) is 0 Å². The Bertz CT molecular complexity index is 363. The summed E-state index contributed by atoms with van der Waals surface area (Å²) in [5.41, 5.74) is -1.16. The lowest BCUT2D eigenvalue weighted by Crippen LogP contribution is -2.44. The Labute approximate surface area is 165 Å². The van der Waals surface area contributed by atoms with Gasteiger partial charge in [-0.05, 0) is 26.2 Å². The van der Waals surface area contributed by atoms with Crippen LogP contribution in [-0.4, -0.2) is 68.8 Å². The van der Waals surface area contributed by atoms with Crippen LogP contribution in [0.4, 0.5) is 0 Å². The minimum atomic E-state index is -1.16. The Kier molecular flexibility index (Phi) is 12.7. The molecular weight excluding hydrogens is 348 g/mol. The molecule has 0 radical (unpaired) electrons. The number of ether oxygens (including phenoxy) is 5. The van der Waals surface area contributed by atoms with Gasteiger partial charge >= 0.3 is 0 Å². The molecular formula is C21H42O6. The van der Waals surface area contributed by atoms with Crippen molar-refractivity contribution < 1.29 is 28.8 Å². The van der Waals surface area contributed by atoms with Crippen molar-refractivity contribution in [2.75, 3.05) is 33.5 Å². The summed E-state index contributed by atoms with van der Waals surface area (Å²) in [6, 6.07) is 0. The Hall–Kier alpha value is -0.240. The molecule has 162 valence electrons. The van der Waals surface area contributed by atoms with Gasteiger partial charge in [0.25, 0.3) is 0 Å². The molecule has 0 saturated carbocycles. The molecule has 1 fully saturated rings. The molecule has 1 rings (SSSR count). The number of rotatable bonds is 14. The number of unbranched alkanes of at least 4 members (excludes halogenated alkanes) is 3. The van der Waals surface area contributed by atoms with Gasteiger partial charge in [0.2, 0.25) is 0 Å². The van der Waals surface area contributed by atoms with Crippen LogP contribution < -0.4 is 0 Å². The van der Waals surface area contributed by atoms with Gasteiger partial charge < -0.3 is 28.8 Å². The van der Waals surface area contributed by atoms with E-state index in [9.17, 15) is 5.11 Å². The van der Waals surface area contributed by atoms with E-state index in [2.05, 4.69) is 20.8 Å². The fraction of sp³-hybridized carbons (Fsp3) is 1.00. The molecule has 5 atom stereocenters. The summed E-state index contributed by atoms with van der Waals surface area (Å²) in [6.07, 6.45) is 4.94. The number of hydrogen-bond donors (Lipinski definition) is 1. The van der Waals surface area contributed by atoms with Crippen LogP contribution in [0.3, 0.4) is 0 Å². The summed E-state index contributed by atoms with van der Waals surface area (Å²) in [5, 5.41) is 10.9. The van der Waals surface area contributed by atoms with Gasteiger partial charge in [-0.2, -0.15) is 0 Å². The van der Waals surface area contributed by atoms with E-state index in [0.717, 1.165) is 38.5 Å². The molecule has 27 heavy (non-hydrogen) atoms. The van der Waals surface area contributed by atoms with Gasteiger partial charge in [0, 0.05) is 33.4 Å². The van der Waals surface area contributed by atoms with E-state index in [-0.39, 0.29) is 18.3 Å². The molecule has 0 spiro atoms. The fourth-order valence-corrected chi connectivity index (χ4v) is 3.24. The second kappa shape index (κ2) is 13.9. The van der Waals surface area contributed by atoms with Gasteiger partial charge in [0.05, 0.1) is 12.7 Å². The highest BCUT2D eigenvalue weighted by molar-refractivity contribution is 4.93. The van der Waals surface area contributed by atoms with Gasteiger partial charge in [-0.25, -0.2) is 0 Å². The van der Waals surface area contributed by atoms with E-state index in [1.807, 2.05) is 0 Å². The summed E-state index contributed by atoms with van der Waals surface area (Å²) in [4.78, 5) is 0. The molecule has 1 heterocycles. The first-order valence-electron chi connectivity index (χ1n) is 10.7. The van der Waals surface area contributed by atoms with Crippen LogP contribution in [0.25, 0.3) is 0 Å². The summed E-state index contributed by atoms with van der Waals surface area (Å²) in [5.74, 6) is 0. The normalized spacial score (nSPS) is 31.8. The molecule has 1 saturated heterocycles. The summed E-state index contributed by atoms with van der Waals surface area (Å²) in [7, 11) is 1.55. The lowest BCUT2D eigenvalue weighted by atomic mass is 9.95. The minimum Gasteiger partial charge on any atom is -0.385 e. The van der Waals surface area contributed by atoms with Gasteiger partial charge in [-0.1, -0.05) is 40.0 Å². The van der Waals surface area contributed by atoms with E-state index in [0.29, 0.717) is 32.8 Å². The van der Waals surface area contributed by atoms with Crippen LogP contribution in [0.1, 0.15) is 72.6 Å². The van der Waals surface area contributed by atoms with Crippen LogP contribution in [0.15, 0.2) is 0 Å². The first kappa shape index (κ1) is 24.8. The Balaban J connectivity index is 2.93. The smallest absolute Gasteiger partial charge is 0.186 e. The predicted molar refractivity (Wildman–Crippen MR) is 106 cm³/mol. The standard InChI is InChI=1S/C21H42O6/c1-6-9-12-24-16-18-19(26-14-11-8-3)17(25-13-10-7-2)15-21(4,22)20(23-5)27-18/h17-20,22H,6-16H2,1-5H3/t17-,18-,19+,20+,21-/m1/s1. The third-order valence-electron chi connectivity index (χ3n) is 4.93. The van der Waals surface area contributed by atoms with Crippen molar-refractivity contribution >= 4 is 0 Å². The molecule has 0 aliphatic carbocycles. The first-order chi connectivity index (χ1) is 13.0. The van der Waals surface area contributed by atoms with E-state index < -0.39 is 11.9 Å². The molecule has 0 bridgehead atoms. The molecule has 0 aromatic carbocycles. The van der Waals surface area contributed by atoms with Crippen molar-refractivity contribution in [2.24, 2.45) is 0 Å². The van der Waals surface area contributed by atoms with E-state index in [1.165, 1.54) is 0 Å². The molecule has 1 aliphatic heterocycles. The molecule has 0 aromatic heterocycles. The van der Waals surface area contributed by atoms with E-state index in [4.69, 9.17) is 23.7 Å². The SMILES string of the molecule is CCCCOC[C@H]1O[C@H](OC)[C@](C)(O)C[C@@H](OCCCC)[C@@H]1OCCCC. The van der Waals surface area contributed by atoms with E-state index >= 15 is 0 Å². The summed E-state index contributed by atoms with van der Waals surface area (Å²) >= 11 is 0. The number of aliphatic hydroxyl groups is 1. The van der Waals surface area contributed by atoms with Crippen LogP contribution in [0.5, 0.6) is 0 Å².